The minimum absolute atomic E-state index is 0.216. The van der Waals surface area contributed by atoms with E-state index in [0.29, 0.717) is 23.1 Å². The summed E-state index contributed by atoms with van der Waals surface area (Å²) in [7, 11) is 1.63. The number of anilines is 2. The zero-order valence-electron chi connectivity index (χ0n) is 14.1. The third-order valence-electron chi connectivity index (χ3n) is 3.62. The number of hydrogen-bond acceptors (Lipinski definition) is 5. The van der Waals surface area contributed by atoms with Crippen LogP contribution in [0.4, 0.5) is 11.5 Å². The molecule has 7 heteroatoms. The Balaban J connectivity index is 1.62. The maximum Gasteiger partial charge on any atom is 0.275 e. The highest BCUT2D eigenvalue weighted by molar-refractivity contribution is 6.30. The number of nitrogens with zero attached hydrogens (tertiary/aromatic N) is 2. The largest absolute Gasteiger partial charge is 0.496 e. The molecule has 2 aromatic carbocycles. The predicted octanol–water partition coefficient (Wildman–Crippen LogP) is 4.00. The molecule has 0 aliphatic rings. The first-order chi connectivity index (χ1) is 12.7. The number of nitrogens with one attached hydrogen (secondary N) is 2. The van der Waals surface area contributed by atoms with E-state index in [1.807, 2.05) is 24.3 Å². The third kappa shape index (κ3) is 4.49. The Hall–Kier alpha value is -3.12. The summed E-state index contributed by atoms with van der Waals surface area (Å²) in [6.45, 7) is 0.534. The number of methoxy groups -OCH3 is 1. The Labute approximate surface area is 156 Å². The number of ether oxygens (including phenoxy) is 1. The fraction of sp³-hybridized carbons (Fsp3) is 0.105. The molecule has 0 radical (unpaired) electrons. The number of carbonyl (C=O) groups is 1. The fourth-order valence-electron chi connectivity index (χ4n) is 2.33. The summed E-state index contributed by atoms with van der Waals surface area (Å²) in [4.78, 5) is 20.6. The lowest BCUT2D eigenvalue weighted by atomic mass is 10.2. The van der Waals surface area contributed by atoms with Crippen molar-refractivity contribution in [2.75, 3.05) is 17.7 Å². The normalized spacial score (nSPS) is 10.2. The van der Waals surface area contributed by atoms with Gasteiger partial charge in [0.05, 0.1) is 19.5 Å². The molecule has 3 aromatic rings. The van der Waals surface area contributed by atoms with Crippen LogP contribution in [0.1, 0.15) is 16.1 Å². The predicted molar refractivity (Wildman–Crippen MR) is 102 cm³/mol. The number of carbonyl (C=O) groups excluding carboxylic acids is 1. The van der Waals surface area contributed by atoms with Gasteiger partial charge in [0, 0.05) is 22.8 Å². The first kappa shape index (κ1) is 17.7. The van der Waals surface area contributed by atoms with Gasteiger partial charge in [0.25, 0.3) is 5.91 Å². The molecule has 3 rings (SSSR count). The van der Waals surface area contributed by atoms with Gasteiger partial charge in [-0.15, -0.1) is 0 Å². The van der Waals surface area contributed by atoms with Gasteiger partial charge in [-0.3, -0.25) is 4.79 Å². The van der Waals surface area contributed by atoms with E-state index in [0.717, 1.165) is 11.3 Å². The Morgan fingerprint density at radius 3 is 2.69 bits per heavy atom. The van der Waals surface area contributed by atoms with E-state index in [-0.39, 0.29) is 11.6 Å². The molecule has 0 bridgehead atoms. The van der Waals surface area contributed by atoms with Crippen LogP contribution in [0, 0.1) is 0 Å². The van der Waals surface area contributed by atoms with E-state index in [2.05, 4.69) is 20.6 Å². The van der Waals surface area contributed by atoms with E-state index in [4.69, 9.17) is 16.3 Å². The molecule has 6 nitrogen and oxygen atoms in total. The van der Waals surface area contributed by atoms with Crippen LogP contribution < -0.4 is 15.4 Å². The lowest BCUT2D eigenvalue weighted by Crippen LogP contribution is -2.14. The fourth-order valence-corrected chi connectivity index (χ4v) is 2.52. The number of hydrogen-bond donors (Lipinski definition) is 2. The molecule has 0 fully saturated rings. The Morgan fingerprint density at radius 2 is 1.96 bits per heavy atom. The summed E-state index contributed by atoms with van der Waals surface area (Å²) in [5, 5.41) is 6.43. The topological polar surface area (TPSA) is 76.1 Å². The van der Waals surface area contributed by atoms with Gasteiger partial charge in [0.2, 0.25) is 0 Å². The summed E-state index contributed by atoms with van der Waals surface area (Å²) < 4.78 is 5.31. The number of benzene rings is 2. The molecule has 2 N–H and O–H groups in total. The zero-order valence-corrected chi connectivity index (χ0v) is 14.8. The van der Waals surface area contributed by atoms with Crippen LogP contribution in [0.2, 0.25) is 5.02 Å². The second kappa shape index (κ2) is 8.31. The van der Waals surface area contributed by atoms with Gasteiger partial charge >= 0.3 is 0 Å². The first-order valence-electron chi connectivity index (χ1n) is 7.90. The van der Waals surface area contributed by atoms with Gasteiger partial charge < -0.3 is 15.4 Å². The van der Waals surface area contributed by atoms with Crippen LogP contribution in [-0.4, -0.2) is 23.0 Å². The summed E-state index contributed by atoms with van der Waals surface area (Å²) >= 11 is 5.91. The highest BCUT2D eigenvalue weighted by atomic mass is 35.5. The molecule has 0 aliphatic heterocycles. The summed E-state index contributed by atoms with van der Waals surface area (Å²) in [5.74, 6) is 1.01. The highest BCUT2D eigenvalue weighted by Gasteiger charge is 2.09. The lowest BCUT2D eigenvalue weighted by molar-refractivity contribution is 0.102. The molecule has 0 aliphatic carbocycles. The van der Waals surface area contributed by atoms with E-state index in [9.17, 15) is 4.79 Å². The molecule has 0 saturated carbocycles. The molecule has 0 spiro atoms. The molecule has 0 saturated heterocycles. The van der Waals surface area contributed by atoms with Crippen molar-refractivity contribution in [3.63, 3.8) is 0 Å². The number of amides is 1. The molecular weight excluding hydrogens is 352 g/mol. The van der Waals surface area contributed by atoms with Gasteiger partial charge in [-0.05, 0) is 24.3 Å². The Bertz CT molecular complexity index is 900. The molecule has 0 atom stereocenters. The van der Waals surface area contributed by atoms with Crippen LogP contribution in [0.25, 0.3) is 0 Å². The van der Waals surface area contributed by atoms with Crippen LogP contribution in [0.5, 0.6) is 5.75 Å². The minimum Gasteiger partial charge on any atom is -0.496 e. The molecule has 0 unspecified atom stereocenters. The summed E-state index contributed by atoms with van der Waals surface area (Å²) in [5.41, 5.74) is 1.81. The van der Waals surface area contributed by atoms with Gasteiger partial charge in [0.1, 0.15) is 17.3 Å². The molecule has 1 amide bonds. The van der Waals surface area contributed by atoms with Crippen LogP contribution >= 0.6 is 11.6 Å². The Kier molecular flexibility index (Phi) is 5.66. The van der Waals surface area contributed by atoms with Crippen LogP contribution in [0.3, 0.4) is 0 Å². The quantitative estimate of drug-likeness (QED) is 0.687. The first-order valence-corrected chi connectivity index (χ1v) is 8.28. The van der Waals surface area contributed by atoms with Crippen LogP contribution in [0.15, 0.2) is 60.9 Å². The maximum absolute atomic E-state index is 12.2. The SMILES string of the molecule is COc1ccccc1CNc1cnc(C(=O)Nc2cccc(Cl)c2)cn1. The van der Waals surface area contributed by atoms with Gasteiger partial charge in [-0.25, -0.2) is 9.97 Å². The molecule has 132 valence electrons. The maximum atomic E-state index is 12.2. The van der Waals surface area contributed by atoms with E-state index in [1.165, 1.54) is 12.4 Å². The molecular formula is C19H17ClN4O2. The van der Waals surface area contributed by atoms with Crippen molar-refractivity contribution >= 4 is 29.0 Å². The van der Waals surface area contributed by atoms with Crippen LogP contribution in [-0.2, 0) is 6.54 Å². The van der Waals surface area contributed by atoms with Crippen molar-refractivity contribution in [3.8, 4) is 5.75 Å². The highest BCUT2D eigenvalue weighted by Crippen LogP contribution is 2.18. The van der Waals surface area contributed by atoms with Crippen molar-refractivity contribution in [1.29, 1.82) is 0 Å². The van der Waals surface area contributed by atoms with Gasteiger partial charge in [-0.1, -0.05) is 35.9 Å². The number of aromatic nitrogens is 2. The molecule has 1 heterocycles. The standard InChI is InChI=1S/C19H17ClN4O2/c1-26-17-8-3-2-5-13(17)10-22-18-12-21-16(11-23-18)19(25)24-15-7-4-6-14(20)9-15/h2-9,11-12H,10H2,1H3,(H,22,23)(H,24,25). The van der Waals surface area contributed by atoms with Crippen molar-refractivity contribution in [1.82, 2.24) is 9.97 Å². The van der Waals surface area contributed by atoms with Crippen molar-refractivity contribution in [2.45, 2.75) is 6.54 Å². The smallest absolute Gasteiger partial charge is 0.275 e. The average molecular weight is 369 g/mol. The van der Waals surface area contributed by atoms with E-state index < -0.39 is 0 Å². The average Bonchev–Trinajstić information content (AvgIpc) is 2.67. The van der Waals surface area contributed by atoms with Crippen molar-refractivity contribution in [2.24, 2.45) is 0 Å². The lowest BCUT2D eigenvalue weighted by Gasteiger charge is -2.10. The minimum atomic E-state index is -0.351. The molecule has 26 heavy (non-hydrogen) atoms. The number of halogens is 1. The second-order valence-corrected chi connectivity index (χ2v) is 5.85. The van der Waals surface area contributed by atoms with Gasteiger partial charge in [-0.2, -0.15) is 0 Å². The number of rotatable bonds is 6. The Morgan fingerprint density at radius 1 is 1.12 bits per heavy atom. The zero-order chi connectivity index (χ0) is 18.4. The van der Waals surface area contributed by atoms with Crippen molar-refractivity contribution in [3.05, 3.63) is 77.2 Å². The number of para-hydroxylation sites is 1. The van der Waals surface area contributed by atoms with Gasteiger partial charge in [0.15, 0.2) is 0 Å². The second-order valence-electron chi connectivity index (χ2n) is 5.42. The van der Waals surface area contributed by atoms with E-state index in [1.54, 1.807) is 31.4 Å². The summed E-state index contributed by atoms with van der Waals surface area (Å²) in [6, 6.07) is 14.6. The third-order valence-corrected chi connectivity index (χ3v) is 3.85. The molecule has 1 aromatic heterocycles. The van der Waals surface area contributed by atoms with Crippen molar-refractivity contribution < 1.29 is 9.53 Å². The van der Waals surface area contributed by atoms with E-state index >= 15 is 0 Å². The summed E-state index contributed by atoms with van der Waals surface area (Å²) in [6.07, 6.45) is 2.94. The monoisotopic (exact) mass is 368 g/mol.